The number of aromatic amines is 1. The number of aryl methyl sites for hydroxylation is 1. The number of nitrogens with one attached hydrogen (secondary N) is 1. The Hall–Kier alpha value is -2.56. The number of para-hydroxylation sites is 1. The number of carbonyl (C=O) groups is 1. The topological polar surface area (TPSA) is 53.9 Å². The van der Waals surface area contributed by atoms with Crippen LogP contribution in [0.1, 0.15) is 16.3 Å². The van der Waals surface area contributed by atoms with E-state index in [0.29, 0.717) is 12.2 Å². The predicted molar refractivity (Wildman–Crippen MR) is 77.3 cm³/mol. The van der Waals surface area contributed by atoms with E-state index in [0.717, 1.165) is 16.7 Å². The molecule has 0 saturated heterocycles. The normalized spacial score (nSPS) is 10.9. The van der Waals surface area contributed by atoms with Crippen molar-refractivity contribution in [1.82, 2.24) is 19.4 Å². The predicted octanol–water partition coefficient (Wildman–Crippen LogP) is 2.17. The summed E-state index contributed by atoms with van der Waals surface area (Å²) in [7, 11) is 3.70. The fraction of sp³-hybridized carbons (Fsp3) is 0.200. The zero-order valence-electron chi connectivity index (χ0n) is 11.5. The van der Waals surface area contributed by atoms with Gasteiger partial charge in [0.25, 0.3) is 5.91 Å². The van der Waals surface area contributed by atoms with Crippen LogP contribution in [0.2, 0.25) is 0 Å². The van der Waals surface area contributed by atoms with Gasteiger partial charge >= 0.3 is 0 Å². The molecule has 2 heterocycles. The van der Waals surface area contributed by atoms with Gasteiger partial charge in [0.15, 0.2) is 0 Å². The number of amides is 1. The molecule has 5 nitrogen and oxygen atoms in total. The molecule has 5 heteroatoms. The minimum absolute atomic E-state index is 0.0378. The Balaban J connectivity index is 1.82. The first-order valence-corrected chi connectivity index (χ1v) is 6.44. The molecular weight excluding hydrogens is 252 g/mol. The van der Waals surface area contributed by atoms with E-state index in [1.54, 1.807) is 18.1 Å². The van der Waals surface area contributed by atoms with Gasteiger partial charge in [-0.05, 0) is 12.1 Å². The smallest absolute Gasteiger partial charge is 0.270 e. The van der Waals surface area contributed by atoms with Crippen molar-refractivity contribution in [3.63, 3.8) is 0 Å². The summed E-state index contributed by atoms with van der Waals surface area (Å²) in [6, 6.07) is 9.74. The van der Waals surface area contributed by atoms with Crippen LogP contribution >= 0.6 is 0 Å². The number of H-pyrrole nitrogens is 1. The Morgan fingerprint density at radius 1 is 1.40 bits per heavy atom. The Kier molecular flexibility index (Phi) is 3.02. The van der Waals surface area contributed by atoms with E-state index in [9.17, 15) is 4.79 Å². The maximum Gasteiger partial charge on any atom is 0.270 e. The van der Waals surface area contributed by atoms with Gasteiger partial charge in [0.2, 0.25) is 0 Å². The van der Waals surface area contributed by atoms with Crippen molar-refractivity contribution < 1.29 is 4.79 Å². The van der Waals surface area contributed by atoms with Crippen LogP contribution in [0.5, 0.6) is 0 Å². The first-order valence-electron chi connectivity index (χ1n) is 6.44. The summed E-state index contributed by atoms with van der Waals surface area (Å²) < 4.78 is 1.91. The minimum atomic E-state index is -0.0378. The molecule has 1 amide bonds. The number of imidazole rings is 1. The van der Waals surface area contributed by atoms with Crippen molar-refractivity contribution in [2.24, 2.45) is 7.05 Å². The molecule has 0 fully saturated rings. The number of carbonyl (C=O) groups excluding carboxylic acids is 1. The van der Waals surface area contributed by atoms with Gasteiger partial charge in [0, 0.05) is 37.4 Å². The van der Waals surface area contributed by atoms with Crippen molar-refractivity contribution in [3.05, 3.63) is 54.2 Å². The maximum atomic E-state index is 12.4. The Labute approximate surface area is 116 Å². The molecule has 1 N–H and O–H groups in total. The zero-order chi connectivity index (χ0) is 14.1. The quantitative estimate of drug-likeness (QED) is 0.791. The summed E-state index contributed by atoms with van der Waals surface area (Å²) in [6.45, 7) is 0.484. The second-order valence-corrected chi connectivity index (χ2v) is 4.89. The summed E-state index contributed by atoms with van der Waals surface area (Å²) >= 11 is 0. The lowest BCUT2D eigenvalue weighted by atomic mass is 10.2. The molecule has 2 aromatic heterocycles. The van der Waals surface area contributed by atoms with Gasteiger partial charge in [0.1, 0.15) is 11.5 Å². The lowest BCUT2D eigenvalue weighted by Crippen LogP contribution is -2.27. The van der Waals surface area contributed by atoms with Gasteiger partial charge in [-0.1, -0.05) is 18.2 Å². The summed E-state index contributed by atoms with van der Waals surface area (Å²) in [5.74, 6) is 0.821. The highest BCUT2D eigenvalue weighted by Gasteiger charge is 2.15. The second kappa shape index (κ2) is 4.85. The lowest BCUT2D eigenvalue weighted by molar-refractivity contribution is 0.0775. The second-order valence-electron chi connectivity index (χ2n) is 4.89. The number of hydrogen-bond acceptors (Lipinski definition) is 2. The first kappa shape index (κ1) is 12.5. The van der Waals surface area contributed by atoms with Gasteiger partial charge in [-0.3, -0.25) is 4.79 Å². The minimum Gasteiger partial charge on any atom is -0.351 e. The molecule has 0 aliphatic rings. The van der Waals surface area contributed by atoms with E-state index in [2.05, 4.69) is 9.97 Å². The van der Waals surface area contributed by atoms with Crippen LogP contribution in [0.15, 0.2) is 42.7 Å². The van der Waals surface area contributed by atoms with Gasteiger partial charge in [0.05, 0.1) is 6.54 Å². The van der Waals surface area contributed by atoms with Crippen molar-refractivity contribution >= 4 is 16.8 Å². The molecule has 3 aromatic rings. The number of benzene rings is 1. The molecule has 0 aliphatic heterocycles. The third kappa shape index (κ3) is 2.18. The van der Waals surface area contributed by atoms with E-state index in [-0.39, 0.29) is 5.91 Å². The average Bonchev–Trinajstić information content (AvgIpc) is 3.04. The standard InChI is InChI=1S/C15H16N4O/c1-18-8-7-16-14(18)10-19(2)15(20)13-9-11-5-3-4-6-12(11)17-13/h3-9,17H,10H2,1-2H3. The van der Waals surface area contributed by atoms with Crippen LogP contribution in [0.4, 0.5) is 0 Å². The summed E-state index contributed by atoms with van der Waals surface area (Å²) in [5.41, 5.74) is 1.57. The van der Waals surface area contributed by atoms with E-state index in [4.69, 9.17) is 0 Å². The summed E-state index contributed by atoms with van der Waals surface area (Å²) in [5, 5.41) is 1.04. The van der Waals surface area contributed by atoms with Crippen molar-refractivity contribution in [3.8, 4) is 0 Å². The van der Waals surface area contributed by atoms with E-state index in [1.165, 1.54) is 0 Å². The van der Waals surface area contributed by atoms with Gasteiger partial charge < -0.3 is 14.5 Å². The van der Waals surface area contributed by atoms with E-state index in [1.807, 2.05) is 48.1 Å². The molecular formula is C15H16N4O. The van der Waals surface area contributed by atoms with E-state index >= 15 is 0 Å². The number of rotatable bonds is 3. The molecule has 1 aromatic carbocycles. The van der Waals surface area contributed by atoms with Gasteiger partial charge in [-0.25, -0.2) is 4.98 Å². The third-order valence-electron chi connectivity index (χ3n) is 3.41. The monoisotopic (exact) mass is 268 g/mol. The van der Waals surface area contributed by atoms with Crippen LogP contribution in [-0.4, -0.2) is 32.4 Å². The van der Waals surface area contributed by atoms with Crippen LogP contribution in [0.3, 0.4) is 0 Å². The molecule has 0 unspecified atom stereocenters. The number of nitrogens with zero attached hydrogens (tertiary/aromatic N) is 3. The number of fused-ring (bicyclic) bond motifs is 1. The largest absolute Gasteiger partial charge is 0.351 e. The maximum absolute atomic E-state index is 12.4. The van der Waals surface area contributed by atoms with Crippen LogP contribution in [-0.2, 0) is 13.6 Å². The van der Waals surface area contributed by atoms with Crippen molar-refractivity contribution in [2.75, 3.05) is 7.05 Å². The highest BCUT2D eigenvalue weighted by molar-refractivity contribution is 5.97. The molecule has 0 aliphatic carbocycles. The van der Waals surface area contributed by atoms with Crippen LogP contribution in [0, 0.1) is 0 Å². The number of hydrogen-bond donors (Lipinski definition) is 1. The van der Waals surface area contributed by atoms with Gasteiger partial charge in [-0.15, -0.1) is 0 Å². The Morgan fingerprint density at radius 2 is 2.20 bits per heavy atom. The molecule has 0 saturated carbocycles. The summed E-state index contributed by atoms with van der Waals surface area (Å²) in [6.07, 6.45) is 3.60. The third-order valence-corrected chi connectivity index (χ3v) is 3.41. The molecule has 0 bridgehead atoms. The molecule has 3 rings (SSSR count). The average molecular weight is 268 g/mol. The highest BCUT2D eigenvalue weighted by Crippen LogP contribution is 2.16. The molecule has 0 radical (unpaired) electrons. The van der Waals surface area contributed by atoms with Crippen LogP contribution in [0.25, 0.3) is 10.9 Å². The first-order chi connectivity index (χ1) is 9.65. The number of aromatic nitrogens is 3. The van der Waals surface area contributed by atoms with Gasteiger partial charge in [-0.2, -0.15) is 0 Å². The molecule has 102 valence electrons. The fourth-order valence-electron chi connectivity index (χ4n) is 2.23. The van der Waals surface area contributed by atoms with Crippen molar-refractivity contribution in [2.45, 2.75) is 6.54 Å². The summed E-state index contributed by atoms with van der Waals surface area (Å²) in [4.78, 5) is 21.5. The molecule has 0 atom stereocenters. The van der Waals surface area contributed by atoms with Crippen LogP contribution < -0.4 is 0 Å². The Morgan fingerprint density at radius 3 is 2.90 bits per heavy atom. The molecule has 0 spiro atoms. The zero-order valence-corrected chi connectivity index (χ0v) is 11.5. The van der Waals surface area contributed by atoms with Crippen molar-refractivity contribution in [1.29, 1.82) is 0 Å². The molecule has 20 heavy (non-hydrogen) atoms. The highest BCUT2D eigenvalue weighted by atomic mass is 16.2. The fourth-order valence-corrected chi connectivity index (χ4v) is 2.23. The lowest BCUT2D eigenvalue weighted by Gasteiger charge is -2.15. The Bertz CT molecular complexity index is 723. The SMILES string of the molecule is CN(Cc1nccn1C)C(=O)c1cc2ccccc2[nH]1. The van der Waals surface area contributed by atoms with E-state index < -0.39 is 0 Å².